The highest BCUT2D eigenvalue weighted by Gasteiger charge is 2.35. The minimum Gasteiger partial charge on any atom is -0.489 e. The van der Waals surface area contributed by atoms with Gasteiger partial charge in [-0.1, -0.05) is 96.9 Å². The lowest BCUT2D eigenvalue weighted by atomic mass is 9.95. The predicted molar refractivity (Wildman–Crippen MR) is 168 cm³/mol. The van der Waals surface area contributed by atoms with E-state index in [1.54, 1.807) is 11.0 Å². The SMILES string of the molecule is Cc1cccc(COc2cc(/C=C/c3cccc(-c4ccccc4)c3C)c(C(F)(F)F)cc2CN2CCCC[C@H]2C(=O)O)c1. The maximum atomic E-state index is 14.5. The molecule has 0 aromatic heterocycles. The Hall–Kier alpha value is -4.36. The van der Waals surface area contributed by atoms with Gasteiger partial charge in [-0.05, 0) is 78.7 Å². The third-order valence-electron chi connectivity index (χ3n) is 8.19. The van der Waals surface area contributed by atoms with Crippen molar-refractivity contribution in [2.24, 2.45) is 0 Å². The molecule has 4 aromatic carbocycles. The van der Waals surface area contributed by atoms with Crippen LogP contribution in [0, 0.1) is 13.8 Å². The number of carbonyl (C=O) groups is 1. The first-order chi connectivity index (χ1) is 21.1. The van der Waals surface area contributed by atoms with E-state index in [4.69, 9.17) is 4.74 Å². The minimum atomic E-state index is -4.63. The summed E-state index contributed by atoms with van der Waals surface area (Å²) in [4.78, 5) is 13.7. The zero-order valence-electron chi connectivity index (χ0n) is 24.9. The molecule has 0 spiro atoms. The molecule has 1 saturated heterocycles. The number of halogens is 3. The van der Waals surface area contributed by atoms with Crippen molar-refractivity contribution in [1.29, 1.82) is 0 Å². The highest BCUT2D eigenvalue weighted by molar-refractivity contribution is 5.78. The fourth-order valence-electron chi connectivity index (χ4n) is 5.87. The molecule has 1 aliphatic heterocycles. The molecule has 5 rings (SSSR count). The number of carboxylic acid groups (broad SMARTS) is 1. The second-order valence-electron chi connectivity index (χ2n) is 11.4. The Morgan fingerprint density at radius 2 is 1.68 bits per heavy atom. The third-order valence-corrected chi connectivity index (χ3v) is 8.19. The number of benzene rings is 4. The van der Waals surface area contributed by atoms with Gasteiger partial charge in [0.2, 0.25) is 0 Å². The molecule has 0 aliphatic carbocycles. The van der Waals surface area contributed by atoms with Crippen LogP contribution >= 0.6 is 0 Å². The monoisotopic (exact) mass is 599 g/mol. The quantitative estimate of drug-likeness (QED) is 0.195. The number of aryl methyl sites for hydroxylation is 1. The van der Waals surface area contributed by atoms with Crippen LogP contribution in [0.15, 0.2) is 84.9 Å². The third kappa shape index (κ3) is 7.40. The van der Waals surface area contributed by atoms with Crippen LogP contribution in [0.1, 0.15) is 58.2 Å². The van der Waals surface area contributed by atoms with Crippen LogP contribution in [0.2, 0.25) is 0 Å². The van der Waals surface area contributed by atoms with Crippen LogP contribution in [0.4, 0.5) is 13.2 Å². The number of rotatable bonds is 9. The van der Waals surface area contributed by atoms with Crippen LogP contribution in [0.3, 0.4) is 0 Å². The Kier molecular flexibility index (Phi) is 9.55. The average molecular weight is 600 g/mol. The van der Waals surface area contributed by atoms with Crippen LogP contribution < -0.4 is 4.74 Å². The summed E-state index contributed by atoms with van der Waals surface area (Å²) in [7, 11) is 0. The van der Waals surface area contributed by atoms with Gasteiger partial charge in [-0.25, -0.2) is 0 Å². The van der Waals surface area contributed by atoms with Gasteiger partial charge < -0.3 is 9.84 Å². The summed E-state index contributed by atoms with van der Waals surface area (Å²) >= 11 is 0. The molecule has 1 aliphatic rings. The molecule has 0 saturated carbocycles. The molecule has 1 heterocycles. The standard InChI is InChI=1S/C37H36F3NO3/c1-25-10-8-11-27(20-25)24-44-35-22-30(18-17-28-14-9-15-32(26(28)2)29-12-4-3-5-13-29)33(37(38,39)40)21-31(35)23-41-19-7-6-16-34(41)36(42)43/h3-5,8-15,17-18,20-22,34H,6-7,16,19,23-24H2,1-2H3,(H,42,43)/b18-17+/t34-/m0/s1. The number of ether oxygens (including phenoxy) is 1. The van der Waals surface area contributed by atoms with E-state index in [9.17, 15) is 23.1 Å². The second kappa shape index (κ2) is 13.5. The van der Waals surface area contributed by atoms with Gasteiger partial charge in [0, 0.05) is 12.1 Å². The maximum Gasteiger partial charge on any atom is 0.417 e. The molecular formula is C37H36F3NO3. The molecule has 0 amide bonds. The van der Waals surface area contributed by atoms with Crippen LogP contribution in [-0.2, 0) is 24.1 Å². The van der Waals surface area contributed by atoms with E-state index in [-0.39, 0.29) is 18.7 Å². The van der Waals surface area contributed by atoms with Crippen molar-refractivity contribution >= 4 is 18.1 Å². The predicted octanol–water partition coefficient (Wildman–Crippen LogP) is 9.18. The zero-order chi connectivity index (χ0) is 31.3. The van der Waals surface area contributed by atoms with Gasteiger partial charge in [-0.2, -0.15) is 13.2 Å². The van der Waals surface area contributed by atoms with Crippen LogP contribution in [0.5, 0.6) is 5.75 Å². The van der Waals surface area contributed by atoms with E-state index < -0.39 is 23.8 Å². The Morgan fingerprint density at radius 3 is 2.41 bits per heavy atom. The summed E-state index contributed by atoms with van der Waals surface area (Å²) in [5.74, 6) is -0.653. The molecule has 0 bridgehead atoms. The average Bonchev–Trinajstić information content (AvgIpc) is 3.00. The molecule has 7 heteroatoms. The molecule has 4 nitrogen and oxygen atoms in total. The van der Waals surface area contributed by atoms with Crippen LogP contribution in [-0.4, -0.2) is 28.6 Å². The van der Waals surface area contributed by atoms with E-state index >= 15 is 0 Å². The largest absolute Gasteiger partial charge is 0.489 e. The van der Waals surface area contributed by atoms with Crippen molar-refractivity contribution in [3.63, 3.8) is 0 Å². The summed E-state index contributed by atoms with van der Waals surface area (Å²) in [6.07, 6.45) is 0.595. The molecule has 1 atom stereocenters. The smallest absolute Gasteiger partial charge is 0.417 e. The number of likely N-dealkylation sites (tertiary alicyclic amines) is 1. The van der Waals surface area contributed by atoms with E-state index in [1.165, 1.54) is 12.1 Å². The van der Waals surface area contributed by atoms with Gasteiger partial charge in [-0.15, -0.1) is 0 Å². The Balaban J connectivity index is 1.55. The highest BCUT2D eigenvalue weighted by atomic mass is 19.4. The fraction of sp³-hybridized carbons (Fsp3) is 0.270. The number of hydrogen-bond donors (Lipinski definition) is 1. The highest BCUT2D eigenvalue weighted by Crippen LogP contribution is 2.38. The minimum absolute atomic E-state index is 0.0153. The lowest BCUT2D eigenvalue weighted by Crippen LogP contribution is -2.44. The molecule has 4 aromatic rings. The van der Waals surface area contributed by atoms with Crippen LogP contribution in [0.25, 0.3) is 23.3 Å². The van der Waals surface area contributed by atoms with Crippen molar-refractivity contribution < 1.29 is 27.8 Å². The summed E-state index contributed by atoms with van der Waals surface area (Å²) in [6, 6.07) is 25.2. The number of hydrogen-bond acceptors (Lipinski definition) is 3. The first-order valence-electron chi connectivity index (χ1n) is 14.8. The summed E-state index contributed by atoms with van der Waals surface area (Å²) in [6.45, 7) is 4.64. The summed E-state index contributed by atoms with van der Waals surface area (Å²) in [5.41, 5.74) is 5.27. The van der Waals surface area contributed by atoms with E-state index in [0.29, 0.717) is 24.3 Å². The molecular weight excluding hydrogens is 563 g/mol. The normalized spacial score (nSPS) is 15.9. The summed E-state index contributed by atoms with van der Waals surface area (Å²) in [5, 5.41) is 9.79. The molecule has 1 N–H and O–H groups in total. The fourth-order valence-corrected chi connectivity index (χ4v) is 5.87. The number of alkyl halides is 3. The Labute approximate surface area is 256 Å². The molecule has 0 unspecified atom stereocenters. The number of aliphatic carboxylic acids is 1. The van der Waals surface area contributed by atoms with Crippen molar-refractivity contribution in [3.05, 3.63) is 124 Å². The molecule has 0 radical (unpaired) electrons. The number of piperidine rings is 1. The lowest BCUT2D eigenvalue weighted by Gasteiger charge is -2.33. The lowest BCUT2D eigenvalue weighted by molar-refractivity contribution is -0.145. The van der Waals surface area contributed by atoms with Gasteiger partial charge >= 0.3 is 12.1 Å². The van der Waals surface area contributed by atoms with Gasteiger partial charge in [0.25, 0.3) is 0 Å². The van der Waals surface area contributed by atoms with Gasteiger partial charge in [0.15, 0.2) is 0 Å². The Bertz CT molecular complexity index is 1650. The van der Waals surface area contributed by atoms with E-state index in [0.717, 1.165) is 52.3 Å². The molecule has 1 fully saturated rings. The van der Waals surface area contributed by atoms with E-state index in [2.05, 4.69) is 0 Å². The Morgan fingerprint density at radius 1 is 0.932 bits per heavy atom. The first kappa shape index (κ1) is 31.1. The molecule has 228 valence electrons. The van der Waals surface area contributed by atoms with Gasteiger partial charge in [-0.3, -0.25) is 9.69 Å². The van der Waals surface area contributed by atoms with Crippen molar-refractivity contribution in [2.75, 3.05) is 6.54 Å². The second-order valence-corrected chi connectivity index (χ2v) is 11.4. The zero-order valence-corrected chi connectivity index (χ0v) is 24.9. The number of carboxylic acids is 1. The topological polar surface area (TPSA) is 49.8 Å². The van der Waals surface area contributed by atoms with Gasteiger partial charge in [0.05, 0.1) is 5.56 Å². The summed E-state index contributed by atoms with van der Waals surface area (Å²) < 4.78 is 49.8. The first-order valence-corrected chi connectivity index (χ1v) is 14.8. The van der Waals surface area contributed by atoms with Crippen molar-refractivity contribution in [1.82, 2.24) is 4.90 Å². The van der Waals surface area contributed by atoms with E-state index in [1.807, 2.05) is 86.6 Å². The molecule has 44 heavy (non-hydrogen) atoms. The van der Waals surface area contributed by atoms with Gasteiger partial charge in [0.1, 0.15) is 18.4 Å². The van der Waals surface area contributed by atoms with Crippen molar-refractivity contribution in [2.45, 2.75) is 58.5 Å². The number of nitrogens with zero attached hydrogens (tertiary/aromatic N) is 1. The maximum absolute atomic E-state index is 14.5. The van der Waals surface area contributed by atoms with Crippen molar-refractivity contribution in [3.8, 4) is 16.9 Å².